The van der Waals surface area contributed by atoms with Crippen LogP contribution in [0.25, 0.3) is 0 Å². The van der Waals surface area contributed by atoms with E-state index in [1.165, 1.54) is 16.7 Å². The summed E-state index contributed by atoms with van der Waals surface area (Å²) < 4.78 is 11.8. The maximum absolute atomic E-state index is 6.07. The van der Waals surface area contributed by atoms with Gasteiger partial charge < -0.3 is 19.7 Å². The van der Waals surface area contributed by atoms with E-state index in [2.05, 4.69) is 49.2 Å². The second kappa shape index (κ2) is 8.68. The van der Waals surface area contributed by atoms with E-state index in [0.29, 0.717) is 0 Å². The lowest BCUT2D eigenvalue weighted by Crippen LogP contribution is -2.48. The van der Waals surface area contributed by atoms with Gasteiger partial charge in [0.25, 0.3) is 0 Å². The van der Waals surface area contributed by atoms with Crippen molar-refractivity contribution in [3.05, 3.63) is 34.9 Å². The SMILES string of the molecule is CCNC(=NCC1CCCO1)N1CCOC(c2ccc(C)cc2C)C1. The van der Waals surface area contributed by atoms with Gasteiger partial charge >= 0.3 is 0 Å². The molecule has 1 aromatic rings. The summed E-state index contributed by atoms with van der Waals surface area (Å²) >= 11 is 0. The first-order valence-electron chi connectivity index (χ1n) is 9.51. The van der Waals surface area contributed by atoms with E-state index in [0.717, 1.165) is 58.2 Å². The first-order chi connectivity index (χ1) is 12.2. The van der Waals surface area contributed by atoms with Crippen LogP contribution in [0.2, 0.25) is 0 Å². The molecule has 2 aliphatic rings. The molecule has 5 heteroatoms. The normalized spacial score (nSPS) is 24.6. The smallest absolute Gasteiger partial charge is 0.194 e. The molecule has 1 N–H and O–H groups in total. The number of benzene rings is 1. The van der Waals surface area contributed by atoms with Gasteiger partial charge in [0, 0.05) is 19.7 Å². The van der Waals surface area contributed by atoms with Crippen molar-refractivity contribution in [2.75, 3.05) is 39.4 Å². The van der Waals surface area contributed by atoms with Gasteiger partial charge in [0.2, 0.25) is 0 Å². The molecule has 2 fully saturated rings. The topological polar surface area (TPSA) is 46.1 Å². The highest BCUT2D eigenvalue weighted by Crippen LogP contribution is 2.26. The molecular formula is C20H31N3O2. The van der Waals surface area contributed by atoms with Crippen LogP contribution >= 0.6 is 0 Å². The Morgan fingerprint density at radius 1 is 1.28 bits per heavy atom. The van der Waals surface area contributed by atoms with Crippen LogP contribution in [-0.4, -0.2) is 56.4 Å². The summed E-state index contributed by atoms with van der Waals surface area (Å²) in [5.74, 6) is 0.982. The molecule has 0 bridgehead atoms. The molecule has 5 nitrogen and oxygen atoms in total. The van der Waals surface area contributed by atoms with E-state index in [9.17, 15) is 0 Å². The molecule has 2 atom stereocenters. The maximum Gasteiger partial charge on any atom is 0.194 e. The minimum atomic E-state index is 0.0981. The number of morpholine rings is 1. The second-order valence-electron chi connectivity index (χ2n) is 7.00. The van der Waals surface area contributed by atoms with Crippen LogP contribution in [0, 0.1) is 13.8 Å². The largest absolute Gasteiger partial charge is 0.376 e. The Morgan fingerprint density at radius 3 is 2.88 bits per heavy atom. The molecule has 1 aromatic carbocycles. The lowest BCUT2D eigenvalue weighted by Gasteiger charge is -2.36. The number of hydrogen-bond donors (Lipinski definition) is 1. The molecule has 3 rings (SSSR count). The number of guanidine groups is 1. The molecule has 2 saturated heterocycles. The van der Waals surface area contributed by atoms with E-state index in [1.807, 2.05) is 0 Å². The summed E-state index contributed by atoms with van der Waals surface area (Å²) in [6.45, 7) is 11.3. The van der Waals surface area contributed by atoms with Gasteiger partial charge in [0.15, 0.2) is 5.96 Å². The minimum absolute atomic E-state index is 0.0981. The number of ether oxygens (including phenoxy) is 2. The molecule has 0 aromatic heterocycles. The number of hydrogen-bond acceptors (Lipinski definition) is 3. The molecule has 0 radical (unpaired) electrons. The Hall–Kier alpha value is -1.59. The van der Waals surface area contributed by atoms with Crippen LogP contribution in [0.1, 0.15) is 42.6 Å². The Kier molecular flexibility index (Phi) is 6.32. The third kappa shape index (κ3) is 4.73. The number of rotatable bonds is 4. The summed E-state index contributed by atoms with van der Waals surface area (Å²) in [5.41, 5.74) is 3.87. The maximum atomic E-state index is 6.07. The van der Waals surface area contributed by atoms with Crippen LogP contribution < -0.4 is 5.32 Å². The van der Waals surface area contributed by atoms with E-state index >= 15 is 0 Å². The number of nitrogens with zero attached hydrogens (tertiary/aromatic N) is 2. The average molecular weight is 345 g/mol. The van der Waals surface area contributed by atoms with Gasteiger partial charge in [-0.2, -0.15) is 0 Å². The monoisotopic (exact) mass is 345 g/mol. The predicted octanol–water partition coefficient (Wildman–Crippen LogP) is 2.82. The van der Waals surface area contributed by atoms with Gasteiger partial charge in [-0.1, -0.05) is 23.8 Å². The van der Waals surface area contributed by atoms with Crippen LogP contribution in [0.15, 0.2) is 23.2 Å². The molecule has 0 aliphatic carbocycles. The van der Waals surface area contributed by atoms with Crippen LogP contribution in [0.4, 0.5) is 0 Å². The van der Waals surface area contributed by atoms with Crippen molar-refractivity contribution in [3.8, 4) is 0 Å². The van der Waals surface area contributed by atoms with E-state index in [4.69, 9.17) is 14.5 Å². The summed E-state index contributed by atoms with van der Waals surface area (Å²) in [5, 5.41) is 3.44. The predicted molar refractivity (Wildman–Crippen MR) is 101 cm³/mol. The van der Waals surface area contributed by atoms with Gasteiger partial charge in [0.1, 0.15) is 6.10 Å². The Balaban J connectivity index is 1.69. The van der Waals surface area contributed by atoms with Crippen LogP contribution in [-0.2, 0) is 9.47 Å². The van der Waals surface area contributed by atoms with Gasteiger partial charge in [-0.15, -0.1) is 0 Å². The molecule has 0 spiro atoms. The molecule has 2 heterocycles. The highest BCUT2D eigenvalue weighted by atomic mass is 16.5. The molecule has 0 amide bonds. The lowest BCUT2D eigenvalue weighted by molar-refractivity contribution is -0.00842. The lowest BCUT2D eigenvalue weighted by atomic mass is 10.00. The van der Waals surface area contributed by atoms with Gasteiger partial charge in [-0.25, -0.2) is 0 Å². The third-order valence-corrected chi connectivity index (χ3v) is 4.94. The van der Waals surface area contributed by atoms with Crippen molar-refractivity contribution in [1.29, 1.82) is 0 Å². The Labute approximate surface area is 151 Å². The quantitative estimate of drug-likeness (QED) is 0.673. The van der Waals surface area contributed by atoms with Crippen molar-refractivity contribution in [3.63, 3.8) is 0 Å². The molecule has 2 unspecified atom stereocenters. The third-order valence-electron chi connectivity index (χ3n) is 4.94. The first-order valence-corrected chi connectivity index (χ1v) is 9.51. The second-order valence-corrected chi connectivity index (χ2v) is 7.00. The fourth-order valence-corrected chi connectivity index (χ4v) is 3.62. The zero-order valence-electron chi connectivity index (χ0n) is 15.8. The Morgan fingerprint density at radius 2 is 2.16 bits per heavy atom. The summed E-state index contributed by atoms with van der Waals surface area (Å²) in [4.78, 5) is 7.16. The van der Waals surface area contributed by atoms with E-state index < -0.39 is 0 Å². The van der Waals surface area contributed by atoms with Crippen molar-refractivity contribution in [2.45, 2.75) is 45.8 Å². The molecule has 138 valence electrons. The fourth-order valence-electron chi connectivity index (χ4n) is 3.62. The Bertz CT molecular complexity index is 597. The summed E-state index contributed by atoms with van der Waals surface area (Å²) in [6, 6.07) is 6.60. The van der Waals surface area contributed by atoms with Crippen molar-refractivity contribution < 1.29 is 9.47 Å². The summed E-state index contributed by atoms with van der Waals surface area (Å²) in [6.07, 6.45) is 2.66. The fraction of sp³-hybridized carbons (Fsp3) is 0.650. The van der Waals surface area contributed by atoms with Crippen molar-refractivity contribution in [2.24, 2.45) is 4.99 Å². The number of nitrogens with one attached hydrogen (secondary N) is 1. The number of aryl methyl sites for hydroxylation is 2. The first kappa shape index (κ1) is 18.2. The van der Waals surface area contributed by atoms with E-state index in [-0.39, 0.29) is 12.2 Å². The average Bonchev–Trinajstić information content (AvgIpc) is 3.12. The van der Waals surface area contributed by atoms with Gasteiger partial charge in [-0.05, 0) is 44.7 Å². The zero-order chi connectivity index (χ0) is 17.6. The highest BCUT2D eigenvalue weighted by molar-refractivity contribution is 5.80. The summed E-state index contributed by atoms with van der Waals surface area (Å²) in [7, 11) is 0. The van der Waals surface area contributed by atoms with Gasteiger partial charge in [-0.3, -0.25) is 4.99 Å². The minimum Gasteiger partial charge on any atom is -0.376 e. The molecular weight excluding hydrogens is 314 g/mol. The molecule has 2 aliphatic heterocycles. The van der Waals surface area contributed by atoms with Crippen molar-refractivity contribution in [1.82, 2.24) is 10.2 Å². The number of aliphatic imine (C=N–C) groups is 1. The molecule has 25 heavy (non-hydrogen) atoms. The molecule has 0 saturated carbocycles. The van der Waals surface area contributed by atoms with Gasteiger partial charge in [0.05, 0.1) is 25.8 Å². The van der Waals surface area contributed by atoms with Crippen LogP contribution in [0.5, 0.6) is 0 Å². The highest BCUT2D eigenvalue weighted by Gasteiger charge is 2.25. The standard InChI is InChI=1S/C20H31N3O2/c1-4-21-20(22-13-17-6-5-10-24-17)23-9-11-25-19(14-23)18-8-7-15(2)12-16(18)3/h7-8,12,17,19H,4-6,9-11,13-14H2,1-3H3,(H,21,22). The van der Waals surface area contributed by atoms with E-state index in [1.54, 1.807) is 0 Å². The zero-order valence-corrected chi connectivity index (χ0v) is 15.8. The van der Waals surface area contributed by atoms with Crippen molar-refractivity contribution >= 4 is 5.96 Å². The van der Waals surface area contributed by atoms with Crippen LogP contribution in [0.3, 0.4) is 0 Å².